The summed E-state index contributed by atoms with van der Waals surface area (Å²) in [5.74, 6) is -0.148. The van der Waals surface area contributed by atoms with Crippen LogP contribution in [0.2, 0.25) is 0 Å². The van der Waals surface area contributed by atoms with Crippen LogP contribution in [0, 0.1) is 5.82 Å². The third-order valence-corrected chi connectivity index (χ3v) is 3.14. The number of rotatable bonds is 3. The highest BCUT2D eigenvalue weighted by Gasteiger charge is 2.04. The second-order valence-corrected chi connectivity index (χ2v) is 4.26. The third-order valence-electron chi connectivity index (χ3n) is 2.22. The maximum Gasteiger partial charge on any atom is 0.127 e. The molecule has 1 nitrogen and oxygen atoms in total. The predicted molar refractivity (Wildman–Crippen MR) is 62.5 cm³/mol. The molecule has 1 heterocycles. The van der Waals surface area contributed by atoms with Crippen LogP contribution in [0.3, 0.4) is 0 Å². The van der Waals surface area contributed by atoms with Crippen molar-refractivity contribution in [2.75, 3.05) is 7.05 Å². The minimum absolute atomic E-state index is 0.148. The summed E-state index contributed by atoms with van der Waals surface area (Å²) in [6, 6.07) is 9.29. The van der Waals surface area contributed by atoms with Crippen LogP contribution in [0.25, 0.3) is 10.4 Å². The van der Waals surface area contributed by atoms with E-state index in [0.29, 0.717) is 12.1 Å². The summed E-state index contributed by atoms with van der Waals surface area (Å²) in [4.78, 5) is 1.17. The molecular formula is C12H12FNS. The van der Waals surface area contributed by atoms with E-state index in [4.69, 9.17) is 0 Å². The highest BCUT2D eigenvalue weighted by atomic mass is 32.1. The van der Waals surface area contributed by atoms with Crippen LogP contribution in [-0.2, 0) is 6.54 Å². The van der Waals surface area contributed by atoms with Crippen molar-refractivity contribution in [2.45, 2.75) is 6.54 Å². The highest BCUT2D eigenvalue weighted by molar-refractivity contribution is 7.13. The summed E-state index contributed by atoms with van der Waals surface area (Å²) in [5, 5.41) is 4.98. The molecule has 78 valence electrons. The molecule has 0 radical (unpaired) electrons. The van der Waals surface area contributed by atoms with Gasteiger partial charge in [-0.25, -0.2) is 4.39 Å². The van der Waals surface area contributed by atoms with E-state index in [0.717, 1.165) is 5.56 Å². The quantitative estimate of drug-likeness (QED) is 0.838. The zero-order valence-electron chi connectivity index (χ0n) is 8.46. The lowest BCUT2D eigenvalue weighted by atomic mass is 10.1. The average molecular weight is 221 g/mol. The molecule has 1 aromatic carbocycles. The summed E-state index contributed by atoms with van der Waals surface area (Å²) in [6.07, 6.45) is 0. The standard InChI is InChI=1S/C12H12FNS/c1-14-8-10-7-9(4-5-11(10)13)12-3-2-6-15-12/h2-7,14H,8H2,1H3. The lowest BCUT2D eigenvalue weighted by Gasteiger charge is -2.04. The van der Waals surface area contributed by atoms with Gasteiger partial charge in [-0.05, 0) is 36.2 Å². The van der Waals surface area contributed by atoms with Gasteiger partial charge in [-0.2, -0.15) is 0 Å². The van der Waals surface area contributed by atoms with Crippen molar-refractivity contribution in [3.63, 3.8) is 0 Å². The molecule has 0 saturated carbocycles. The van der Waals surface area contributed by atoms with Gasteiger partial charge in [0.1, 0.15) is 5.82 Å². The van der Waals surface area contributed by atoms with E-state index in [9.17, 15) is 4.39 Å². The maximum absolute atomic E-state index is 13.4. The van der Waals surface area contributed by atoms with Crippen LogP contribution in [0.5, 0.6) is 0 Å². The maximum atomic E-state index is 13.4. The first-order valence-electron chi connectivity index (χ1n) is 4.78. The molecule has 0 saturated heterocycles. The summed E-state index contributed by atoms with van der Waals surface area (Å²) < 4.78 is 13.4. The molecule has 0 aliphatic heterocycles. The molecule has 0 amide bonds. The van der Waals surface area contributed by atoms with Gasteiger partial charge in [0.2, 0.25) is 0 Å². The molecule has 1 N–H and O–H groups in total. The topological polar surface area (TPSA) is 12.0 Å². The Labute approximate surface area is 92.6 Å². The van der Waals surface area contributed by atoms with Gasteiger partial charge in [-0.15, -0.1) is 11.3 Å². The van der Waals surface area contributed by atoms with Crippen LogP contribution in [-0.4, -0.2) is 7.05 Å². The summed E-state index contributed by atoms with van der Waals surface area (Å²) >= 11 is 1.67. The van der Waals surface area contributed by atoms with E-state index < -0.39 is 0 Å². The molecule has 2 aromatic rings. The van der Waals surface area contributed by atoms with Crippen molar-refractivity contribution < 1.29 is 4.39 Å². The average Bonchev–Trinajstić information content (AvgIpc) is 2.75. The number of thiophene rings is 1. The van der Waals surface area contributed by atoms with Crippen molar-refractivity contribution in [1.82, 2.24) is 5.32 Å². The monoisotopic (exact) mass is 221 g/mol. The highest BCUT2D eigenvalue weighted by Crippen LogP contribution is 2.26. The van der Waals surface area contributed by atoms with Gasteiger partial charge in [0.05, 0.1) is 0 Å². The minimum Gasteiger partial charge on any atom is -0.316 e. The second kappa shape index (κ2) is 4.55. The Morgan fingerprint density at radius 1 is 1.33 bits per heavy atom. The molecule has 0 atom stereocenters. The molecule has 0 bridgehead atoms. The Kier molecular flexibility index (Phi) is 3.14. The zero-order chi connectivity index (χ0) is 10.7. The Hall–Kier alpha value is -1.19. The van der Waals surface area contributed by atoms with Gasteiger partial charge in [0.25, 0.3) is 0 Å². The Morgan fingerprint density at radius 3 is 2.87 bits per heavy atom. The van der Waals surface area contributed by atoms with Crippen LogP contribution >= 0.6 is 11.3 Å². The van der Waals surface area contributed by atoms with E-state index in [2.05, 4.69) is 5.32 Å². The van der Waals surface area contributed by atoms with Gasteiger partial charge in [0, 0.05) is 17.0 Å². The predicted octanol–water partition coefficient (Wildman–Crippen LogP) is 3.27. The number of hydrogen-bond acceptors (Lipinski definition) is 2. The molecule has 3 heteroatoms. The fourth-order valence-electron chi connectivity index (χ4n) is 1.50. The smallest absolute Gasteiger partial charge is 0.127 e. The Morgan fingerprint density at radius 2 is 2.20 bits per heavy atom. The second-order valence-electron chi connectivity index (χ2n) is 3.31. The van der Waals surface area contributed by atoms with Crippen molar-refractivity contribution in [3.05, 3.63) is 47.1 Å². The van der Waals surface area contributed by atoms with E-state index in [1.165, 1.54) is 10.9 Å². The van der Waals surface area contributed by atoms with Crippen LogP contribution in [0.4, 0.5) is 4.39 Å². The number of benzene rings is 1. The van der Waals surface area contributed by atoms with E-state index >= 15 is 0 Å². The summed E-state index contributed by atoms with van der Waals surface area (Å²) in [6.45, 7) is 0.561. The molecule has 0 aliphatic carbocycles. The Bertz CT molecular complexity index is 437. The van der Waals surface area contributed by atoms with Gasteiger partial charge >= 0.3 is 0 Å². The largest absolute Gasteiger partial charge is 0.316 e. The fraction of sp³-hybridized carbons (Fsp3) is 0.167. The SMILES string of the molecule is CNCc1cc(-c2cccs2)ccc1F. The Balaban J connectivity index is 2.38. The van der Waals surface area contributed by atoms with Gasteiger partial charge in [0.15, 0.2) is 0 Å². The van der Waals surface area contributed by atoms with Crippen LogP contribution in [0.1, 0.15) is 5.56 Å². The molecule has 2 rings (SSSR count). The lowest BCUT2D eigenvalue weighted by Crippen LogP contribution is -2.06. The molecular weight excluding hydrogens is 209 g/mol. The summed E-state index contributed by atoms with van der Waals surface area (Å²) in [7, 11) is 1.82. The minimum atomic E-state index is -0.148. The first-order valence-corrected chi connectivity index (χ1v) is 5.66. The zero-order valence-corrected chi connectivity index (χ0v) is 9.27. The molecule has 0 aliphatic rings. The van der Waals surface area contributed by atoms with Gasteiger partial charge in [-0.1, -0.05) is 12.1 Å². The van der Waals surface area contributed by atoms with Crippen LogP contribution < -0.4 is 5.32 Å². The fourth-order valence-corrected chi connectivity index (χ4v) is 2.22. The van der Waals surface area contributed by atoms with Crippen molar-refractivity contribution in [1.29, 1.82) is 0 Å². The number of halogens is 1. The normalized spacial score (nSPS) is 10.5. The van der Waals surface area contributed by atoms with E-state index in [1.54, 1.807) is 11.3 Å². The van der Waals surface area contributed by atoms with Gasteiger partial charge in [-0.3, -0.25) is 0 Å². The van der Waals surface area contributed by atoms with Crippen LogP contribution in [0.15, 0.2) is 35.7 Å². The molecule has 1 aromatic heterocycles. The van der Waals surface area contributed by atoms with E-state index in [-0.39, 0.29) is 5.82 Å². The van der Waals surface area contributed by atoms with Crippen molar-refractivity contribution in [2.24, 2.45) is 0 Å². The number of nitrogens with one attached hydrogen (secondary N) is 1. The first-order chi connectivity index (χ1) is 7.31. The molecule has 0 fully saturated rings. The third kappa shape index (κ3) is 2.25. The lowest BCUT2D eigenvalue weighted by molar-refractivity contribution is 0.601. The first kappa shape index (κ1) is 10.3. The number of hydrogen-bond donors (Lipinski definition) is 1. The van der Waals surface area contributed by atoms with Gasteiger partial charge < -0.3 is 5.32 Å². The van der Waals surface area contributed by atoms with Crippen molar-refractivity contribution >= 4 is 11.3 Å². The molecule has 0 unspecified atom stereocenters. The van der Waals surface area contributed by atoms with Crippen molar-refractivity contribution in [3.8, 4) is 10.4 Å². The van der Waals surface area contributed by atoms with E-state index in [1.807, 2.05) is 36.7 Å². The molecule has 15 heavy (non-hydrogen) atoms. The summed E-state index contributed by atoms with van der Waals surface area (Å²) in [5.41, 5.74) is 1.79. The molecule has 0 spiro atoms.